The Bertz CT molecular complexity index is 512. The lowest BCUT2D eigenvalue weighted by Gasteiger charge is -2.26. The molecule has 0 spiro atoms. The zero-order valence-corrected chi connectivity index (χ0v) is 12.4. The first kappa shape index (κ1) is 14.2. The van der Waals surface area contributed by atoms with E-state index < -0.39 is 0 Å². The fourth-order valence-corrected chi connectivity index (χ4v) is 3.00. The molecule has 2 aliphatic heterocycles. The van der Waals surface area contributed by atoms with Gasteiger partial charge in [0.1, 0.15) is 18.1 Å². The second kappa shape index (κ2) is 6.35. The lowest BCUT2D eigenvalue weighted by Crippen LogP contribution is -2.41. The van der Waals surface area contributed by atoms with Gasteiger partial charge in [0.05, 0.1) is 19.7 Å². The number of carbonyl (C=O) groups excluding carboxylic acids is 1. The summed E-state index contributed by atoms with van der Waals surface area (Å²) in [4.78, 5) is 14.4. The number of ether oxygens (including phenoxy) is 2. The summed E-state index contributed by atoms with van der Waals surface area (Å²) in [5.41, 5.74) is 1.03. The molecule has 0 saturated carbocycles. The van der Waals surface area contributed by atoms with Crippen LogP contribution in [0.4, 0.5) is 0 Å². The minimum absolute atomic E-state index is 0.0526. The minimum Gasteiger partial charge on any atom is -0.497 e. The van der Waals surface area contributed by atoms with Gasteiger partial charge in [-0.05, 0) is 38.1 Å². The Morgan fingerprint density at radius 3 is 2.95 bits per heavy atom. The number of benzene rings is 1. The molecule has 1 fully saturated rings. The van der Waals surface area contributed by atoms with E-state index in [4.69, 9.17) is 9.47 Å². The Morgan fingerprint density at radius 1 is 1.38 bits per heavy atom. The van der Waals surface area contributed by atoms with E-state index in [0.29, 0.717) is 13.2 Å². The third-order valence-electron chi connectivity index (χ3n) is 4.15. The van der Waals surface area contributed by atoms with Crippen molar-refractivity contribution in [1.82, 2.24) is 10.2 Å². The Hall–Kier alpha value is -1.75. The third-order valence-corrected chi connectivity index (χ3v) is 4.15. The van der Waals surface area contributed by atoms with Crippen LogP contribution < -0.4 is 14.8 Å². The van der Waals surface area contributed by atoms with Crippen molar-refractivity contribution in [2.24, 2.45) is 0 Å². The summed E-state index contributed by atoms with van der Waals surface area (Å²) in [5, 5.41) is 3.07. The Labute approximate surface area is 125 Å². The van der Waals surface area contributed by atoms with Crippen molar-refractivity contribution >= 4 is 5.91 Å². The van der Waals surface area contributed by atoms with Gasteiger partial charge in [0.25, 0.3) is 0 Å². The zero-order valence-electron chi connectivity index (χ0n) is 12.4. The quantitative estimate of drug-likeness (QED) is 0.917. The van der Waals surface area contributed by atoms with Crippen molar-refractivity contribution in [2.75, 3.05) is 33.4 Å². The van der Waals surface area contributed by atoms with E-state index in [1.54, 1.807) is 7.11 Å². The number of hydrogen-bond acceptors (Lipinski definition) is 4. The van der Waals surface area contributed by atoms with Crippen LogP contribution in [-0.2, 0) is 4.79 Å². The molecule has 5 heteroatoms. The van der Waals surface area contributed by atoms with Gasteiger partial charge in [-0.25, -0.2) is 0 Å². The van der Waals surface area contributed by atoms with Crippen LogP contribution in [0.15, 0.2) is 18.2 Å². The molecule has 0 aliphatic carbocycles. The van der Waals surface area contributed by atoms with Gasteiger partial charge in [-0.15, -0.1) is 0 Å². The SMILES string of the molecule is COc1ccc2c(c1)OCC2NC(=O)CN1CCCCC1. The number of amides is 1. The monoisotopic (exact) mass is 290 g/mol. The van der Waals surface area contributed by atoms with Gasteiger partial charge in [0.2, 0.25) is 5.91 Å². The fourth-order valence-electron chi connectivity index (χ4n) is 3.00. The van der Waals surface area contributed by atoms with Gasteiger partial charge < -0.3 is 14.8 Å². The van der Waals surface area contributed by atoms with Crippen molar-refractivity contribution in [3.05, 3.63) is 23.8 Å². The molecule has 1 N–H and O–H groups in total. The molecule has 1 amide bonds. The van der Waals surface area contributed by atoms with Crippen molar-refractivity contribution in [3.8, 4) is 11.5 Å². The standard InChI is InChI=1S/C16H22N2O3/c1-20-12-5-6-13-14(11-21-15(13)9-12)17-16(19)10-18-7-3-2-4-8-18/h5-6,9,14H,2-4,7-8,10-11H2,1H3,(H,17,19). The lowest BCUT2D eigenvalue weighted by molar-refractivity contribution is -0.123. The molecule has 1 unspecified atom stereocenters. The van der Waals surface area contributed by atoms with E-state index in [1.807, 2.05) is 18.2 Å². The fraction of sp³-hybridized carbons (Fsp3) is 0.562. The van der Waals surface area contributed by atoms with Gasteiger partial charge in [-0.2, -0.15) is 0 Å². The van der Waals surface area contributed by atoms with Crippen molar-refractivity contribution in [1.29, 1.82) is 0 Å². The molecule has 1 aromatic rings. The first-order valence-electron chi connectivity index (χ1n) is 7.59. The molecule has 5 nitrogen and oxygen atoms in total. The predicted molar refractivity (Wildman–Crippen MR) is 79.7 cm³/mol. The zero-order chi connectivity index (χ0) is 14.7. The number of carbonyl (C=O) groups is 1. The molecule has 1 saturated heterocycles. The predicted octanol–water partition coefficient (Wildman–Crippen LogP) is 1.73. The summed E-state index contributed by atoms with van der Waals surface area (Å²) in [7, 11) is 1.63. The molecule has 3 rings (SSSR count). The van der Waals surface area contributed by atoms with Gasteiger partial charge in [-0.3, -0.25) is 9.69 Å². The third kappa shape index (κ3) is 3.29. The van der Waals surface area contributed by atoms with Gasteiger partial charge >= 0.3 is 0 Å². The van der Waals surface area contributed by atoms with Crippen LogP contribution in [0.2, 0.25) is 0 Å². The molecule has 0 bridgehead atoms. The first-order valence-corrected chi connectivity index (χ1v) is 7.59. The van der Waals surface area contributed by atoms with Crippen molar-refractivity contribution < 1.29 is 14.3 Å². The normalized spacial score (nSPS) is 21.5. The van der Waals surface area contributed by atoms with E-state index >= 15 is 0 Å². The van der Waals surface area contributed by atoms with Crippen LogP contribution in [0.5, 0.6) is 11.5 Å². The first-order chi connectivity index (χ1) is 10.3. The lowest BCUT2D eigenvalue weighted by atomic mass is 10.1. The van der Waals surface area contributed by atoms with Crippen LogP contribution in [0.25, 0.3) is 0 Å². The van der Waals surface area contributed by atoms with Crippen molar-refractivity contribution in [3.63, 3.8) is 0 Å². The topological polar surface area (TPSA) is 50.8 Å². The van der Waals surface area contributed by atoms with Crippen LogP contribution in [-0.4, -0.2) is 44.2 Å². The number of rotatable bonds is 4. The number of methoxy groups -OCH3 is 1. The average Bonchev–Trinajstić information content (AvgIpc) is 2.90. The Morgan fingerprint density at radius 2 is 2.19 bits per heavy atom. The average molecular weight is 290 g/mol. The maximum atomic E-state index is 12.2. The van der Waals surface area contributed by atoms with Gasteiger partial charge in [0, 0.05) is 11.6 Å². The highest BCUT2D eigenvalue weighted by Gasteiger charge is 2.26. The highest BCUT2D eigenvalue weighted by molar-refractivity contribution is 5.78. The molecular weight excluding hydrogens is 268 g/mol. The number of fused-ring (bicyclic) bond motifs is 1. The summed E-state index contributed by atoms with van der Waals surface area (Å²) in [6.07, 6.45) is 3.68. The van der Waals surface area contributed by atoms with Crippen LogP contribution in [0, 0.1) is 0 Å². The molecule has 1 atom stereocenters. The van der Waals surface area contributed by atoms with E-state index in [0.717, 1.165) is 30.2 Å². The Balaban J connectivity index is 1.58. The second-order valence-corrected chi connectivity index (χ2v) is 5.67. The molecule has 1 aromatic carbocycles. The summed E-state index contributed by atoms with van der Waals surface area (Å²) >= 11 is 0. The molecule has 21 heavy (non-hydrogen) atoms. The van der Waals surface area contributed by atoms with E-state index in [1.165, 1.54) is 19.3 Å². The molecule has 114 valence electrons. The molecule has 2 aliphatic rings. The molecule has 2 heterocycles. The summed E-state index contributed by atoms with van der Waals surface area (Å²) in [5.74, 6) is 1.65. The maximum Gasteiger partial charge on any atom is 0.234 e. The maximum absolute atomic E-state index is 12.2. The number of nitrogens with zero attached hydrogens (tertiary/aromatic N) is 1. The highest BCUT2D eigenvalue weighted by atomic mass is 16.5. The largest absolute Gasteiger partial charge is 0.497 e. The smallest absolute Gasteiger partial charge is 0.234 e. The summed E-state index contributed by atoms with van der Waals surface area (Å²) in [6, 6.07) is 5.68. The number of piperidine rings is 1. The molecular formula is C16H22N2O3. The Kier molecular flexibility index (Phi) is 4.29. The number of nitrogens with one attached hydrogen (secondary N) is 1. The summed E-state index contributed by atoms with van der Waals surface area (Å²) < 4.78 is 10.8. The molecule has 0 aromatic heterocycles. The van der Waals surface area contributed by atoms with Gasteiger partial charge in [-0.1, -0.05) is 6.42 Å². The second-order valence-electron chi connectivity index (χ2n) is 5.67. The van der Waals surface area contributed by atoms with E-state index in [9.17, 15) is 4.79 Å². The van der Waals surface area contributed by atoms with E-state index in [-0.39, 0.29) is 11.9 Å². The minimum atomic E-state index is -0.0526. The molecule has 0 radical (unpaired) electrons. The van der Waals surface area contributed by atoms with Crippen LogP contribution in [0.3, 0.4) is 0 Å². The summed E-state index contributed by atoms with van der Waals surface area (Å²) in [6.45, 7) is 3.04. The highest BCUT2D eigenvalue weighted by Crippen LogP contribution is 2.35. The van der Waals surface area contributed by atoms with Crippen LogP contribution in [0.1, 0.15) is 30.9 Å². The van der Waals surface area contributed by atoms with Crippen LogP contribution >= 0.6 is 0 Å². The number of likely N-dealkylation sites (tertiary alicyclic amines) is 1. The van der Waals surface area contributed by atoms with Gasteiger partial charge in [0.15, 0.2) is 0 Å². The number of hydrogen-bond donors (Lipinski definition) is 1. The van der Waals surface area contributed by atoms with E-state index in [2.05, 4.69) is 10.2 Å². The van der Waals surface area contributed by atoms with Crippen molar-refractivity contribution in [2.45, 2.75) is 25.3 Å².